The van der Waals surface area contributed by atoms with Crippen LogP contribution in [-0.4, -0.2) is 13.0 Å². The predicted octanol–water partition coefficient (Wildman–Crippen LogP) is 6.89. The van der Waals surface area contributed by atoms with E-state index in [0.29, 0.717) is 32.8 Å². The lowest BCUT2D eigenvalue weighted by Gasteiger charge is -2.12. The van der Waals surface area contributed by atoms with Gasteiger partial charge in [-0.2, -0.15) is 5.26 Å². The maximum atomic E-state index is 12.7. The summed E-state index contributed by atoms with van der Waals surface area (Å²) in [7, 11) is 1.55. The molecule has 1 amide bonds. The van der Waals surface area contributed by atoms with Crippen LogP contribution >= 0.6 is 39.1 Å². The van der Waals surface area contributed by atoms with Crippen LogP contribution in [0.5, 0.6) is 11.5 Å². The number of anilines is 1. The molecule has 0 atom stereocenters. The number of hydrogen-bond acceptors (Lipinski definition) is 4. The second-order valence-electron chi connectivity index (χ2n) is 6.54. The Balaban J connectivity index is 1.87. The monoisotopic (exact) mass is 530 g/mol. The van der Waals surface area contributed by atoms with E-state index in [1.807, 2.05) is 30.3 Å². The minimum atomic E-state index is -0.585. The average molecular weight is 532 g/mol. The lowest BCUT2D eigenvalue weighted by atomic mass is 10.1. The maximum Gasteiger partial charge on any atom is 0.266 e. The van der Waals surface area contributed by atoms with Crippen LogP contribution in [0.1, 0.15) is 11.1 Å². The Morgan fingerprint density at radius 2 is 1.91 bits per heavy atom. The van der Waals surface area contributed by atoms with Crippen molar-refractivity contribution in [3.8, 4) is 17.6 Å². The van der Waals surface area contributed by atoms with Gasteiger partial charge in [-0.05, 0) is 42.5 Å². The summed E-state index contributed by atoms with van der Waals surface area (Å²) in [5.74, 6) is 0.469. The summed E-state index contributed by atoms with van der Waals surface area (Å²) in [6.45, 7) is 0.285. The van der Waals surface area contributed by atoms with Crippen molar-refractivity contribution in [1.29, 1.82) is 5.26 Å². The zero-order chi connectivity index (χ0) is 23.1. The molecular formula is C24H17BrCl2N2O3. The van der Waals surface area contributed by atoms with Gasteiger partial charge >= 0.3 is 0 Å². The third-order valence-electron chi connectivity index (χ3n) is 4.40. The fourth-order valence-electron chi connectivity index (χ4n) is 2.73. The molecule has 0 heterocycles. The molecule has 0 aliphatic carbocycles. The van der Waals surface area contributed by atoms with Gasteiger partial charge in [0.2, 0.25) is 0 Å². The van der Waals surface area contributed by atoms with Crippen LogP contribution in [0.25, 0.3) is 6.08 Å². The first-order chi connectivity index (χ1) is 15.4. The number of nitriles is 1. The van der Waals surface area contributed by atoms with Gasteiger partial charge in [0.05, 0.1) is 17.2 Å². The number of nitrogens with one attached hydrogen (secondary N) is 1. The summed E-state index contributed by atoms with van der Waals surface area (Å²) in [5, 5.41) is 12.9. The number of hydrogen-bond donors (Lipinski definition) is 1. The highest BCUT2D eigenvalue weighted by atomic mass is 79.9. The molecule has 3 rings (SSSR count). The van der Waals surface area contributed by atoms with Crippen LogP contribution in [0.15, 0.2) is 70.7 Å². The van der Waals surface area contributed by atoms with E-state index in [-0.39, 0.29) is 12.2 Å². The lowest BCUT2D eigenvalue weighted by molar-refractivity contribution is -0.112. The third-order valence-corrected chi connectivity index (χ3v) is 5.92. The Kier molecular flexibility index (Phi) is 8.18. The highest BCUT2D eigenvalue weighted by Gasteiger charge is 2.13. The van der Waals surface area contributed by atoms with Crippen molar-refractivity contribution >= 4 is 56.8 Å². The SMILES string of the molecule is COc1ccc(/C=C(\C#N)C(=O)Nc2ccc(Cl)c(Cl)c2)c(OCc2ccccc2Br)c1. The molecule has 0 aliphatic heterocycles. The van der Waals surface area contributed by atoms with E-state index in [2.05, 4.69) is 21.2 Å². The number of nitrogens with zero attached hydrogens (tertiary/aromatic N) is 1. The van der Waals surface area contributed by atoms with Crippen molar-refractivity contribution in [2.24, 2.45) is 0 Å². The van der Waals surface area contributed by atoms with Crippen LogP contribution in [0.3, 0.4) is 0 Å². The van der Waals surface area contributed by atoms with E-state index in [1.54, 1.807) is 37.4 Å². The first-order valence-electron chi connectivity index (χ1n) is 9.33. The second kappa shape index (κ2) is 11.1. The van der Waals surface area contributed by atoms with Crippen molar-refractivity contribution in [2.45, 2.75) is 6.61 Å². The zero-order valence-corrected chi connectivity index (χ0v) is 20.0. The van der Waals surface area contributed by atoms with Crippen LogP contribution in [0.4, 0.5) is 5.69 Å². The van der Waals surface area contributed by atoms with Gasteiger partial charge in [-0.3, -0.25) is 4.79 Å². The Morgan fingerprint density at radius 1 is 1.12 bits per heavy atom. The molecule has 0 aliphatic rings. The number of methoxy groups -OCH3 is 1. The predicted molar refractivity (Wildman–Crippen MR) is 130 cm³/mol. The van der Waals surface area contributed by atoms with Gasteiger partial charge in [-0.15, -0.1) is 0 Å². The molecule has 3 aromatic carbocycles. The van der Waals surface area contributed by atoms with Gasteiger partial charge < -0.3 is 14.8 Å². The molecule has 162 valence electrons. The summed E-state index contributed by atoms with van der Waals surface area (Å²) in [5.41, 5.74) is 1.82. The highest BCUT2D eigenvalue weighted by Crippen LogP contribution is 2.29. The molecule has 5 nitrogen and oxygen atoms in total. The molecule has 32 heavy (non-hydrogen) atoms. The van der Waals surface area contributed by atoms with E-state index in [9.17, 15) is 10.1 Å². The van der Waals surface area contributed by atoms with E-state index >= 15 is 0 Å². The minimum absolute atomic E-state index is 0.105. The number of benzene rings is 3. The standard InChI is InChI=1S/C24H17BrCl2N2O3/c1-31-19-8-6-15(23(12-19)32-14-16-4-2-3-5-20(16)25)10-17(13-28)24(30)29-18-7-9-21(26)22(27)11-18/h2-12H,14H2,1H3,(H,29,30)/b17-10+. The Bertz CT molecular complexity index is 1220. The van der Waals surface area contributed by atoms with Crippen molar-refractivity contribution in [3.63, 3.8) is 0 Å². The summed E-state index contributed by atoms with van der Waals surface area (Å²) < 4.78 is 12.2. The highest BCUT2D eigenvalue weighted by molar-refractivity contribution is 9.10. The molecule has 0 saturated heterocycles. The number of ether oxygens (including phenoxy) is 2. The number of amides is 1. The normalized spacial score (nSPS) is 10.9. The molecule has 0 spiro atoms. The largest absolute Gasteiger partial charge is 0.497 e. The van der Waals surface area contributed by atoms with Crippen LogP contribution in [-0.2, 0) is 11.4 Å². The van der Waals surface area contributed by atoms with Crippen LogP contribution in [0, 0.1) is 11.3 Å². The molecule has 1 N–H and O–H groups in total. The smallest absolute Gasteiger partial charge is 0.266 e. The van der Waals surface area contributed by atoms with Crippen LogP contribution in [0.2, 0.25) is 10.0 Å². The van der Waals surface area contributed by atoms with Gasteiger partial charge in [-0.25, -0.2) is 0 Å². The molecule has 0 bridgehead atoms. The Morgan fingerprint density at radius 3 is 2.59 bits per heavy atom. The fourth-order valence-corrected chi connectivity index (χ4v) is 3.43. The summed E-state index contributed by atoms with van der Waals surface area (Å²) >= 11 is 15.4. The van der Waals surface area contributed by atoms with Crippen molar-refractivity contribution in [1.82, 2.24) is 0 Å². The summed E-state index contributed by atoms with van der Waals surface area (Å²) in [6.07, 6.45) is 1.46. The van der Waals surface area contributed by atoms with Gasteiger partial charge in [-0.1, -0.05) is 57.3 Å². The van der Waals surface area contributed by atoms with Gasteiger partial charge in [0.25, 0.3) is 5.91 Å². The van der Waals surface area contributed by atoms with E-state index in [1.165, 1.54) is 12.1 Å². The number of rotatable bonds is 7. The van der Waals surface area contributed by atoms with Gasteiger partial charge in [0.15, 0.2) is 0 Å². The molecule has 8 heteroatoms. The average Bonchev–Trinajstić information content (AvgIpc) is 2.79. The molecule has 0 saturated carbocycles. The topological polar surface area (TPSA) is 71.3 Å². The number of carbonyl (C=O) groups excluding carboxylic acids is 1. The summed E-state index contributed by atoms with van der Waals surface area (Å²) in [4.78, 5) is 12.7. The minimum Gasteiger partial charge on any atom is -0.497 e. The Hall–Kier alpha value is -2.98. The molecule has 0 unspecified atom stereocenters. The van der Waals surface area contributed by atoms with Crippen molar-refractivity contribution in [2.75, 3.05) is 12.4 Å². The molecular weight excluding hydrogens is 515 g/mol. The van der Waals surface area contributed by atoms with E-state index in [0.717, 1.165) is 10.0 Å². The van der Waals surface area contributed by atoms with E-state index < -0.39 is 5.91 Å². The quantitative estimate of drug-likeness (QED) is 0.266. The fraction of sp³-hybridized carbons (Fsp3) is 0.0833. The zero-order valence-electron chi connectivity index (χ0n) is 16.9. The second-order valence-corrected chi connectivity index (χ2v) is 8.21. The maximum absolute atomic E-state index is 12.7. The third kappa shape index (κ3) is 6.04. The molecule has 0 radical (unpaired) electrons. The van der Waals surface area contributed by atoms with Crippen LogP contribution < -0.4 is 14.8 Å². The molecule has 3 aromatic rings. The number of halogens is 3. The van der Waals surface area contributed by atoms with Gasteiger partial charge in [0, 0.05) is 27.4 Å². The molecule has 0 aromatic heterocycles. The van der Waals surface area contributed by atoms with E-state index in [4.69, 9.17) is 32.7 Å². The summed E-state index contributed by atoms with van der Waals surface area (Å²) in [6, 6.07) is 19.4. The Labute approximate surface area is 204 Å². The first kappa shape index (κ1) is 23.7. The first-order valence-corrected chi connectivity index (χ1v) is 10.9. The van der Waals surface area contributed by atoms with Crippen molar-refractivity contribution < 1.29 is 14.3 Å². The van der Waals surface area contributed by atoms with Crippen molar-refractivity contribution in [3.05, 3.63) is 91.9 Å². The molecule has 0 fully saturated rings. The lowest BCUT2D eigenvalue weighted by Crippen LogP contribution is -2.13. The number of carbonyl (C=O) groups is 1. The van der Waals surface area contributed by atoms with Gasteiger partial charge in [0.1, 0.15) is 29.7 Å².